The molecule has 0 aliphatic carbocycles. The summed E-state index contributed by atoms with van der Waals surface area (Å²) in [7, 11) is 4.26. The molecular weight excluding hydrogens is 706 g/mol. The van der Waals surface area contributed by atoms with Crippen molar-refractivity contribution in [3.63, 3.8) is 0 Å². The Labute approximate surface area is 323 Å². The van der Waals surface area contributed by atoms with Crippen molar-refractivity contribution in [2.75, 3.05) is 28.4 Å². The molecule has 0 fully saturated rings. The van der Waals surface area contributed by atoms with Gasteiger partial charge in [0.25, 0.3) is 0 Å². The van der Waals surface area contributed by atoms with Crippen LogP contribution in [-0.4, -0.2) is 38.4 Å². The Bertz CT molecular complexity index is 2240. The first-order chi connectivity index (χ1) is 25.8. The monoisotopic (exact) mass is 756 g/mol. The van der Waals surface area contributed by atoms with Crippen molar-refractivity contribution in [1.82, 2.24) is 9.97 Å². The van der Waals surface area contributed by atoms with Gasteiger partial charge in [-0.2, -0.15) is 9.97 Å². The van der Waals surface area contributed by atoms with Crippen molar-refractivity contribution >= 4 is 47.7 Å². The van der Waals surface area contributed by atoms with Crippen LogP contribution in [0.3, 0.4) is 0 Å². The fourth-order valence-corrected chi connectivity index (χ4v) is 13.1. The van der Waals surface area contributed by atoms with Gasteiger partial charge in [-0.1, -0.05) is 112 Å². The normalized spacial score (nSPS) is 11.8. The minimum Gasteiger partial charge on any atom is -0.481 e. The highest BCUT2D eigenvalue weighted by Gasteiger charge is 2.34. The number of ether oxygens (including phenoxy) is 4. The van der Waals surface area contributed by atoms with Gasteiger partial charge < -0.3 is 18.9 Å². The van der Waals surface area contributed by atoms with E-state index in [2.05, 4.69) is 140 Å². The maximum Gasteiger partial charge on any atom is 0.225 e. The number of hydrogen-bond acceptors (Lipinski definition) is 6. The lowest BCUT2D eigenvalue weighted by atomic mass is 10.1. The molecule has 8 heteroatoms. The minimum absolute atomic E-state index is 0.438. The molecule has 2 aromatic heterocycles. The van der Waals surface area contributed by atoms with Crippen LogP contribution in [0.4, 0.5) is 0 Å². The molecule has 2 heterocycles. The Morgan fingerprint density at radius 1 is 0.370 bits per heavy atom. The maximum atomic E-state index is 6.29. The van der Waals surface area contributed by atoms with Crippen LogP contribution in [0, 0.1) is 55.4 Å². The number of benzene rings is 4. The van der Waals surface area contributed by atoms with Crippen LogP contribution < -0.4 is 50.8 Å². The van der Waals surface area contributed by atoms with Crippen molar-refractivity contribution in [1.29, 1.82) is 0 Å². The number of hydrogen-bond donors (Lipinski definition) is 0. The second-order valence-electron chi connectivity index (χ2n) is 14.1. The Morgan fingerprint density at radius 2 is 0.741 bits per heavy atom. The molecule has 4 aromatic carbocycles. The standard InChI is InChI=1S/C46H50N2O4P2/c1-27-13-14-38(34(8)18-27)54(37-23-32(6)17-33(7)24-37)40-26-42(50-10)48-46(52-12)44(40)43-39(25-41(49-9)47-45(43)51-11)53(35-19-28(2)15-29(3)20-35)36-21-30(4)16-31(5)22-36/h13-26H,1-12H3. The molecule has 0 spiro atoms. The first-order valence-corrected chi connectivity index (χ1v) is 20.7. The second-order valence-corrected chi connectivity index (χ2v) is 18.5. The second kappa shape index (κ2) is 16.3. The largest absolute Gasteiger partial charge is 0.481 e. The van der Waals surface area contributed by atoms with Crippen molar-refractivity contribution in [2.24, 2.45) is 0 Å². The predicted molar refractivity (Wildman–Crippen MR) is 229 cm³/mol. The summed E-state index contributed by atoms with van der Waals surface area (Å²) in [6, 6.07) is 31.4. The lowest BCUT2D eigenvalue weighted by Gasteiger charge is -2.29. The average molecular weight is 757 g/mol. The SMILES string of the molecule is COc1cc(P(c2cc(C)cc(C)c2)c2cc(C)cc(C)c2)c(-c2c(P(c3cc(C)cc(C)c3)c3ccc(C)cc3C)cc(OC)nc2OC)c(OC)n1. The first-order valence-electron chi connectivity index (χ1n) is 18.0. The Balaban J connectivity index is 1.83. The van der Waals surface area contributed by atoms with Gasteiger partial charge in [-0.3, -0.25) is 0 Å². The van der Waals surface area contributed by atoms with Crippen LogP contribution in [0.5, 0.6) is 23.5 Å². The Kier molecular flexibility index (Phi) is 11.8. The molecule has 0 amide bonds. The molecule has 54 heavy (non-hydrogen) atoms. The molecule has 1 atom stereocenters. The Hall–Kier alpha value is -4.76. The summed E-state index contributed by atoms with van der Waals surface area (Å²) >= 11 is 0. The molecule has 6 aromatic rings. The third-order valence-electron chi connectivity index (χ3n) is 9.41. The molecule has 0 radical (unpaired) electrons. The number of aromatic nitrogens is 2. The third-order valence-corrected chi connectivity index (χ3v) is 14.4. The molecule has 6 nitrogen and oxygen atoms in total. The zero-order chi connectivity index (χ0) is 38.8. The summed E-state index contributed by atoms with van der Waals surface area (Å²) in [6.45, 7) is 17.3. The summed E-state index contributed by atoms with van der Waals surface area (Å²) < 4.78 is 24.4. The zero-order valence-electron chi connectivity index (χ0n) is 33.5. The van der Waals surface area contributed by atoms with Crippen LogP contribution in [0.1, 0.15) is 44.5 Å². The molecule has 0 aliphatic heterocycles. The van der Waals surface area contributed by atoms with E-state index in [4.69, 9.17) is 28.9 Å². The van der Waals surface area contributed by atoms with E-state index in [1.54, 1.807) is 28.4 Å². The molecule has 0 bridgehead atoms. The summed E-state index contributed by atoms with van der Waals surface area (Å²) in [4.78, 5) is 9.93. The predicted octanol–water partition coefficient (Wildman–Crippen LogP) is 8.16. The topological polar surface area (TPSA) is 62.7 Å². The van der Waals surface area contributed by atoms with E-state index in [0.29, 0.717) is 23.5 Å². The van der Waals surface area contributed by atoms with Gasteiger partial charge in [-0.15, -0.1) is 0 Å². The van der Waals surface area contributed by atoms with Gasteiger partial charge in [0.05, 0.1) is 39.6 Å². The lowest BCUT2D eigenvalue weighted by molar-refractivity contribution is 0.362. The molecule has 6 rings (SSSR count). The molecule has 0 saturated heterocycles. The zero-order valence-corrected chi connectivity index (χ0v) is 35.3. The van der Waals surface area contributed by atoms with E-state index in [0.717, 1.165) is 21.7 Å². The average Bonchev–Trinajstić information content (AvgIpc) is 3.11. The lowest BCUT2D eigenvalue weighted by Crippen LogP contribution is -2.28. The number of nitrogens with zero attached hydrogens (tertiary/aromatic N) is 2. The van der Waals surface area contributed by atoms with E-state index < -0.39 is 15.8 Å². The van der Waals surface area contributed by atoms with E-state index in [1.165, 1.54) is 65.7 Å². The van der Waals surface area contributed by atoms with E-state index in [1.807, 2.05) is 0 Å². The van der Waals surface area contributed by atoms with Gasteiger partial charge in [0.1, 0.15) is 0 Å². The first kappa shape index (κ1) is 38.9. The molecule has 0 aliphatic rings. The van der Waals surface area contributed by atoms with Crippen molar-refractivity contribution in [3.05, 3.63) is 129 Å². The number of methoxy groups -OCH3 is 4. The third kappa shape index (κ3) is 8.02. The molecule has 0 N–H and O–H groups in total. The minimum atomic E-state index is -1.20. The quantitative estimate of drug-likeness (QED) is 0.125. The van der Waals surface area contributed by atoms with Crippen molar-refractivity contribution in [3.8, 4) is 34.6 Å². The van der Waals surface area contributed by atoms with Crippen molar-refractivity contribution in [2.45, 2.75) is 55.4 Å². The fraction of sp³-hybridized carbons (Fsp3) is 0.261. The van der Waals surface area contributed by atoms with Gasteiger partial charge in [-0.25, -0.2) is 0 Å². The van der Waals surface area contributed by atoms with E-state index in [9.17, 15) is 0 Å². The Morgan fingerprint density at radius 3 is 1.09 bits per heavy atom. The molecule has 278 valence electrons. The van der Waals surface area contributed by atoms with Gasteiger partial charge in [0, 0.05) is 22.7 Å². The summed E-state index contributed by atoms with van der Waals surface area (Å²) in [5, 5.41) is 6.97. The summed E-state index contributed by atoms with van der Waals surface area (Å²) in [5.41, 5.74) is 11.3. The van der Waals surface area contributed by atoms with E-state index >= 15 is 0 Å². The summed E-state index contributed by atoms with van der Waals surface area (Å²) in [6.07, 6.45) is 0. The summed E-state index contributed by atoms with van der Waals surface area (Å²) in [5.74, 6) is 1.82. The number of aryl methyl sites for hydroxylation is 8. The molecular formula is C46H50N2O4P2. The van der Waals surface area contributed by atoms with Gasteiger partial charge in [-0.05, 0) is 98.0 Å². The molecule has 0 saturated carbocycles. The number of pyridine rings is 2. The number of rotatable bonds is 11. The van der Waals surface area contributed by atoms with Crippen LogP contribution in [0.2, 0.25) is 0 Å². The van der Waals surface area contributed by atoms with Crippen LogP contribution >= 0.6 is 15.8 Å². The van der Waals surface area contributed by atoms with Crippen molar-refractivity contribution < 1.29 is 18.9 Å². The molecule has 1 unspecified atom stereocenters. The van der Waals surface area contributed by atoms with E-state index in [-0.39, 0.29) is 0 Å². The van der Waals surface area contributed by atoms with Gasteiger partial charge >= 0.3 is 0 Å². The van der Waals surface area contributed by atoms with Crippen LogP contribution in [-0.2, 0) is 0 Å². The van der Waals surface area contributed by atoms with Crippen LogP contribution in [0.15, 0.2) is 84.9 Å². The highest BCUT2D eigenvalue weighted by molar-refractivity contribution is 7.81. The fourth-order valence-electron chi connectivity index (χ4n) is 7.43. The van der Waals surface area contributed by atoms with Gasteiger partial charge in [0.15, 0.2) is 0 Å². The smallest absolute Gasteiger partial charge is 0.225 e. The maximum absolute atomic E-state index is 6.29. The van der Waals surface area contributed by atoms with Crippen LogP contribution in [0.25, 0.3) is 11.1 Å². The van der Waals surface area contributed by atoms with Gasteiger partial charge in [0.2, 0.25) is 23.5 Å². The highest BCUT2D eigenvalue weighted by atomic mass is 31.1. The highest BCUT2D eigenvalue weighted by Crippen LogP contribution is 2.48.